The van der Waals surface area contributed by atoms with Crippen LogP contribution in [-0.2, 0) is 4.79 Å². The van der Waals surface area contributed by atoms with Crippen molar-refractivity contribution < 1.29 is 4.79 Å². The fourth-order valence-corrected chi connectivity index (χ4v) is 4.58. The van der Waals surface area contributed by atoms with Crippen molar-refractivity contribution in [2.24, 2.45) is 0 Å². The molecule has 0 unspecified atom stereocenters. The van der Waals surface area contributed by atoms with Crippen molar-refractivity contribution in [3.63, 3.8) is 0 Å². The molecule has 0 N–H and O–H groups in total. The molecule has 0 saturated carbocycles. The van der Waals surface area contributed by atoms with Gasteiger partial charge in [-0.05, 0) is 43.1 Å². The smallest absolute Gasteiger partial charge is 0.235 e. The Morgan fingerprint density at radius 2 is 1.53 bits per heavy atom. The number of piperidine rings is 1. The Morgan fingerprint density at radius 3 is 2.09 bits per heavy atom. The Morgan fingerprint density at radius 1 is 0.971 bits per heavy atom. The maximum atomic E-state index is 13.8. The largest absolute Gasteiger partial charge is 0.326 e. The van der Waals surface area contributed by atoms with E-state index in [0.717, 1.165) is 23.1 Å². The minimum Gasteiger partial charge on any atom is -0.326 e. The van der Waals surface area contributed by atoms with Gasteiger partial charge in [0.05, 0.1) is 18.5 Å². The fraction of sp³-hybridized carbons (Fsp3) is 0.267. The van der Waals surface area contributed by atoms with Crippen molar-refractivity contribution in [1.82, 2.24) is 9.80 Å². The summed E-state index contributed by atoms with van der Waals surface area (Å²) in [6.07, 6.45) is 1.45. The van der Waals surface area contributed by atoms with E-state index in [1.54, 1.807) is 4.90 Å². The van der Waals surface area contributed by atoms with E-state index in [9.17, 15) is 10.1 Å². The number of nitriles is 1. The lowest BCUT2D eigenvalue weighted by Crippen LogP contribution is -2.52. The van der Waals surface area contributed by atoms with Gasteiger partial charge < -0.3 is 4.90 Å². The zero-order chi connectivity index (χ0) is 23.8. The van der Waals surface area contributed by atoms with Gasteiger partial charge in [0.25, 0.3) is 0 Å². The minimum absolute atomic E-state index is 0.00563. The highest BCUT2D eigenvalue weighted by Crippen LogP contribution is 2.30. The monoisotopic (exact) mass is 447 g/mol. The number of amides is 1. The van der Waals surface area contributed by atoms with Gasteiger partial charge in [-0.3, -0.25) is 9.69 Å². The molecule has 1 aliphatic rings. The molecule has 4 nitrogen and oxygen atoms in total. The zero-order valence-corrected chi connectivity index (χ0v) is 19.5. The summed E-state index contributed by atoms with van der Waals surface area (Å²) in [5.74, 6) is 6.02. The zero-order valence-electron chi connectivity index (χ0n) is 19.5. The number of nitrogens with zero attached hydrogens (tertiary/aromatic N) is 3. The van der Waals surface area contributed by atoms with Gasteiger partial charge in [-0.15, -0.1) is 0 Å². The van der Waals surface area contributed by atoms with Crippen LogP contribution >= 0.6 is 0 Å². The first-order chi connectivity index (χ1) is 16.7. The van der Waals surface area contributed by atoms with Crippen LogP contribution in [0.4, 0.5) is 0 Å². The second-order valence-electron chi connectivity index (χ2n) is 8.69. The van der Waals surface area contributed by atoms with Crippen molar-refractivity contribution >= 4 is 5.91 Å². The molecule has 1 heterocycles. The molecule has 170 valence electrons. The molecule has 0 spiro atoms. The molecule has 4 rings (SSSR count). The predicted molar refractivity (Wildman–Crippen MR) is 135 cm³/mol. The number of carbonyl (C=O) groups excluding carboxylic acids is 1. The molecule has 0 radical (unpaired) electrons. The Balaban J connectivity index is 1.47. The lowest BCUT2D eigenvalue weighted by atomic mass is 9.88. The van der Waals surface area contributed by atoms with Crippen LogP contribution in [0.15, 0.2) is 91.0 Å². The summed E-state index contributed by atoms with van der Waals surface area (Å²) < 4.78 is 0. The SMILES string of the molecule is CN(CC#Cc1ccccc1)[C@@H]1CCN(C(=O)C(c2ccccc2)c2ccccc2)[C@H](C#N)C1. The predicted octanol–water partition coefficient (Wildman–Crippen LogP) is 4.69. The Bertz CT molecular complexity index is 1140. The maximum Gasteiger partial charge on any atom is 0.235 e. The van der Waals surface area contributed by atoms with E-state index in [0.29, 0.717) is 19.5 Å². The van der Waals surface area contributed by atoms with Gasteiger partial charge in [0.15, 0.2) is 0 Å². The number of rotatable bonds is 5. The molecule has 0 aliphatic carbocycles. The molecule has 1 aliphatic heterocycles. The normalized spacial score (nSPS) is 17.6. The summed E-state index contributed by atoms with van der Waals surface area (Å²) in [7, 11) is 2.05. The first-order valence-electron chi connectivity index (χ1n) is 11.7. The summed E-state index contributed by atoms with van der Waals surface area (Å²) in [5.41, 5.74) is 2.90. The molecular weight excluding hydrogens is 418 g/mol. The number of likely N-dealkylation sites (tertiary alicyclic amines) is 1. The van der Waals surface area contributed by atoms with Crippen molar-refractivity contribution in [3.8, 4) is 17.9 Å². The molecule has 3 aromatic rings. The van der Waals surface area contributed by atoms with Gasteiger partial charge in [-0.1, -0.05) is 90.7 Å². The van der Waals surface area contributed by atoms with Crippen molar-refractivity contribution in [1.29, 1.82) is 5.26 Å². The highest BCUT2D eigenvalue weighted by Gasteiger charge is 2.37. The number of carbonyl (C=O) groups is 1. The van der Waals surface area contributed by atoms with Crippen LogP contribution in [0.25, 0.3) is 0 Å². The van der Waals surface area contributed by atoms with Gasteiger partial charge >= 0.3 is 0 Å². The van der Waals surface area contributed by atoms with E-state index in [4.69, 9.17) is 0 Å². The molecule has 0 bridgehead atoms. The highest BCUT2D eigenvalue weighted by atomic mass is 16.2. The molecule has 0 aromatic heterocycles. The first kappa shape index (κ1) is 23.3. The number of benzene rings is 3. The Hall–Kier alpha value is -3.86. The van der Waals surface area contributed by atoms with Crippen LogP contribution in [-0.4, -0.2) is 47.9 Å². The third-order valence-electron chi connectivity index (χ3n) is 6.48. The van der Waals surface area contributed by atoms with Crippen LogP contribution in [0.3, 0.4) is 0 Å². The topological polar surface area (TPSA) is 47.3 Å². The lowest BCUT2D eigenvalue weighted by molar-refractivity contribution is -0.135. The van der Waals surface area contributed by atoms with Crippen LogP contribution in [0.1, 0.15) is 35.4 Å². The maximum absolute atomic E-state index is 13.8. The third-order valence-corrected chi connectivity index (χ3v) is 6.48. The fourth-order valence-electron chi connectivity index (χ4n) is 4.58. The first-order valence-corrected chi connectivity index (χ1v) is 11.7. The average molecular weight is 448 g/mol. The summed E-state index contributed by atoms with van der Waals surface area (Å²) in [6, 6.07) is 31.8. The van der Waals surface area contributed by atoms with Crippen molar-refractivity contribution in [2.45, 2.75) is 30.8 Å². The molecular formula is C30H29N3O. The summed E-state index contributed by atoms with van der Waals surface area (Å²) >= 11 is 0. The van der Waals surface area contributed by atoms with E-state index >= 15 is 0 Å². The average Bonchev–Trinajstić information content (AvgIpc) is 2.90. The third kappa shape index (κ3) is 5.54. The van der Waals surface area contributed by atoms with Gasteiger partial charge in [0.2, 0.25) is 5.91 Å². The molecule has 1 fully saturated rings. The van der Waals surface area contributed by atoms with E-state index < -0.39 is 12.0 Å². The minimum atomic E-state index is -0.453. The van der Waals surface area contributed by atoms with Gasteiger partial charge in [-0.2, -0.15) is 5.26 Å². The quantitative estimate of drug-likeness (QED) is 0.534. The second-order valence-corrected chi connectivity index (χ2v) is 8.69. The van der Waals surface area contributed by atoms with Gasteiger partial charge in [0.1, 0.15) is 6.04 Å². The molecule has 1 amide bonds. The molecule has 3 aromatic carbocycles. The van der Waals surface area contributed by atoms with Crippen molar-refractivity contribution in [2.75, 3.05) is 20.1 Å². The van der Waals surface area contributed by atoms with Crippen LogP contribution in [0.2, 0.25) is 0 Å². The second kappa shape index (κ2) is 11.3. The lowest BCUT2D eigenvalue weighted by Gasteiger charge is -2.40. The van der Waals surface area contributed by atoms with E-state index in [-0.39, 0.29) is 11.9 Å². The molecule has 4 heteroatoms. The van der Waals surface area contributed by atoms with Crippen LogP contribution < -0.4 is 0 Å². The molecule has 2 atom stereocenters. The Labute approximate surface area is 202 Å². The van der Waals surface area contributed by atoms with Crippen LogP contribution in [0, 0.1) is 23.2 Å². The summed E-state index contributed by atoms with van der Waals surface area (Å²) in [5, 5.41) is 9.97. The highest BCUT2D eigenvalue weighted by molar-refractivity contribution is 5.87. The molecule has 1 saturated heterocycles. The Kier molecular flexibility index (Phi) is 7.76. The van der Waals surface area contributed by atoms with E-state index in [1.807, 2.05) is 98.0 Å². The van der Waals surface area contributed by atoms with Crippen molar-refractivity contribution in [3.05, 3.63) is 108 Å². The molecule has 34 heavy (non-hydrogen) atoms. The summed E-state index contributed by atoms with van der Waals surface area (Å²) in [4.78, 5) is 17.8. The number of hydrogen-bond donors (Lipinski definition) is 0. The summed E-state index contributed by atoms with van der Waals surface area (Å²) in [6.45, 7) is 1.19. The van der Waals surface area contributed by atoms with Gasteiger partial charge in [0, 0.05) is 18.2 Å². The number of hydrogen-bond acceptors (Lipinski definition) is 3. The van der Waals surface area contributed by atoms with Crippen LogP contribution in [0.5, 0.6) is 0 Å². The van der Waals surface area contributed by atoms with E-state index in [2.05, 4.69) is 22.8 Å². The van der Waals surface area contributed by atoms with Gasteiger partial charge in [-0.25, -0.2) is 0 Å². The van der Waals surface area contributed by atoms with E-state index in [1.165, 1.54) is 0 Å². The standard InChI is InChI=1S/C30H29N3O/c1-32(20-11-14-24-12-5-2-6-13-24)27-19-21-33(28(22-27)23-31)30(34)29(25-15-7-3-8-16-25)26-17-9-4-10-18-26/h2-10,12-13,15-18,27-29H,19-22H2,1H3/t27-,28+/m1/s1.